The predicted octanol–water partition coefficient (Wildman–Crippen LogP) is 1.52. The van der Waals surface area contributed by atoms with Gasteiger partial charge in [-0.1, -0.05) is 12.1 Å². The fraction of sp³-hybridized carbons (Fsp3) is 0.222. The Morgan fingerprint density at radius 1 is 1.42 bits per heavy atom. The van der Waals surface area contributed by atoms with Crippen LogP contribution in [0.1, 0.15) is 12.5 Å². The minimum Gasteiger partial charge on any atom is -0.310 e. The first-order valence-corrected chi connectivity index (χ1v) is 3.52. The van der Waals surface area contributed by atoms with E-state index >= 15 is 0 Å². The number of hydrogen-bond acceptors (Lipinski definition) is 2. The van der Waals surface area contributed by atoms with Crippen LogP contribution in [0.2, 0.25) is 0 Å². The van der Waals surface area contributed by atoms with E-state index in [4.69, 9.17) is 11.0 Å². The molecule has 0 heterocycles. The van der Waals surface area contributed by atoms with Crippen molar-refractivity contribution in [2.75, 3.05) is 0 Å². The standard InChI is InChI=1S/C9H9FN2/c1-9(12,6-11)7-2-4-8(10)5-3-7/h2-5H,12H2,1H3/t9-/m1/s1. The monoisotopic (exact) mass is 164 g/mol. The van der Waals surface area contributed by atoms with Crippen molar-refractivity contribution >= 4 is 0 Å². The number of benzene rings is 1. The molecular formula is C9H9FN2. The molecule has 0 radical (unpaired) electrons. The van der Waals surface area contributed by atoms with Gasteiger partial charge < -0.3 is 5.73 Å². The fourth-order valence-corrected chi connectivity index (χ4v) is 0.861. The molecule has 2 nitrogen and oxygen atoms in total. The Morgan fingerprint density at radius 3 is 2.33 bits per heavy atom. The summed E-state index contributed by atoms with van der Waals surface area (Å²) in [7, 11) is 0. The first kappa shape index (κ1) is 8.69. The second-order valence-corrected chi connectivity index (χ2v) is 2.82. The lowest BCUT2D eigenvalue weighted by atomic mass is 9.95. The van der Waals surface area contributed by atoms with E-state index < -0.39 is 5.54 Å². The SMILES string of the molecule is C[C@@](N)(C#N)c1ccc(F)cc1. The zero-order valence-corrected chi connectivity index (χ0v) is 6.71. The molecule has 1 aromatic rings. The third-order valence-electron chi connectivity index (χ3n) is 1.68. The highest BCUT2D eigenvalue weighted by molar-refractivity contribution is 5.29. The highest BCUT2D eigenvalue weighted by atomic mass is 19.1. The van der Waals surface area contributed by atoms with Crippen LogP contribution < -0.4 is 5.73 Å². The van der Waals surface area contributed by atoms with Crippen molar-refractivity contribution in [2.24, 2.45) is 5.73 Å². The van der Waals surface area contributed by atoms with Crippen molar-refractivity contribution in [1.29, 1.82) is 5.26 Å². The van der Waals surface area contributed by atoms with Gasteiger partial charge in [0.05, 0.1) is 6.07 Å². The molecule has 0 saturated carbocycles. The normalized spacial score (nSPS) is 14.8. The topological polar surface area (TPSA) is 49.8 Å². The van der Waals surface area contributed by atoms with Crippen LogP contribution in [0.15, 0.2) is 24.3 Å². The van der Waals surface area contributed by atoms with Crippen LogP contribution in [-0.2, 0) is 5.54 Å². The summed E-state index contributed by atoms with van der Waals surface area (Å²) in [6.45, 7) is 1.58. The summed E-state index contributed by atoms with van der Waals surface area (Å²) in [6.07, 6.45) is 0. The summed E-state index contributed by atoms with van der Waals surface area (Å²) in [5.74, 6) is -0.326. The van der Waals surface area contributed by atoms with E-state index in [1.54, 1.807) is 6.92 Å². The zero-order chi connectivity index (χ0) is 9.19. The number of nitrogens with two attached hydrogens (primary N) is 1. The number of halogens is 1. The molecule has 1 rings (SSSR count). The molecule has 0 spiro atoms. The van der Waals surface area contributed by atoms with Crippen molar-refractivity contribution in [3.05, 3.63) is 35.6 Å². The maximum Gasteiger partial charge on any atom is 0.126 e. The van der Waals surface area contributed by atoms with Gasteiger partial charge in [-0.15, -0.1) is 0 Å². The highest BCUT2D eigenvalue weighted by Crippen LogP contribution is 2.16. The molecular weight excluding hydrogens is 155 g/mol. The summed E-state index contributed by atoms with van der Waals surface area (Å²) >= 11 is 0. The Hall–Kier alpha value is -1.40. The van der Waals surface area contributed by atoms with Crippen LogP contribution in [0, 0.1) is 17.1 Å². The lowest BCUT2D eigenvalue weighted by Crippen LogP contribution is -2.30. The highest BCUT2D eigenvalue weighted by Gasteiger charge is 2.19. The van der Waals surface area contributed by atoms with E-state index in [0.717, 1.165) is 0 Å². The van der Waals surface area contributed by atoms with E-state index in [2.05, 4.69) is 0 Å². The molecule has 0 aliphatic heterocycles. The maximum absolute atomic E-state index is 12.5. The van der Waals surface area contributed by atoms with Crippen molar-refractivity contribution in [3.63, 3.8) is 0 Å². The minimum atomic E-state index is -1.03. The third-order valence-corrected chi connectivity index (χ3v) is 1.68. The average molecular weight is 164 g/mol. The lowest BCUT2D eigenvalue weighted by Gasteiger charge is -2.14. The fourth-order valence-electron chi connectivity index (χ4n) is 0.861. The van der Waals surface area contributed by atoms with Crippen molar-refractivity contribution in [2.45, 2.75) is 12.5 Å². The Labute approximate surface area is 70.4 Å². The van der Waals surface area contributed by atoms with E-state index in [0.29, 0.717) is 5.56 Å². The lowest BCUT2D eigenvalue weighted by molar-refractivity contribution is 0.615. The van der Waals surface area contributed by atoms with E-state index in [9.17, 15) is 4.39 Å². The maximum atomic E-state index is 12.5. The first-order valence-electron chi connectivity index (χ1n) is 3.52. The van der Waals surface area contributed by atoms with Crippen molar-refractivity contribution in [3.8, 4) is 6.07 Å². The molecule has 12 heavy (non-hydrogen) atoms. The van der Waals surface area contributed by atoms with Crippen LogP contribution in [-0.4, -0.2) is 0 Å². The molecule has 0 aliphatic carbocycles. The number of nitriles is 1. The van der Waals surface area contributed by atoms with Gasteiger partial charge in [-0.2, -0.15) is 5.26 Å². The zero-order valence-electron chi connectivity index (χ0n) is 6.71. The first-order chi connectivity index (χ1) is 5.56. The van der Waals surface area contributed by atoms with Gasteiger partial charge in [-0.3, -0.25) is 0 Å². The van der Waals surface area contributed by atoms with E-state index in [-0.39, 0.29) is 5.82 Å². The molecule has 1 aromatic carbocycles. The number of hydrogen-bond donors (Lipinski definition) is 1. The van der Waals surface area contributed by atoms with Crippen LogP contribution in [0.25, 0.3) is 0 Å². The van der Waals surface area contributed by atoms with Gasteiger partial charge >= 0.3 is 0 Å². The smallest absolute Gasteiger partial charge is 0.126 e. The van der Waals surface area contributed by atoms with Crippen molar-refractivity contribution in [1.82, 2.24) is 0 Å². The van der Waals surface area contributed by atoms with Crippen molar-refractivity contribution < 1.29 is 4.39 Å². The average Bonchev–Trinajstić information content (AvgIpc) is 2.05. The Bertz CT molecular complexity index is 308. The second kappa shape index (κ2) is 2.92. The molecule has 0 amide bonds. The molecule has 0 aromatic heterocycles. The summed E-state index contributed by atoms with van der Waals surface area (Å²) in [5.41, 5.74) is 5.19. The van der Waals surface area contributed by atoms with Gasteiger partial charge in [0.1, 0.15) is 11.4 Å². The quantitative estimate of drug-likeness (QED) is 0.684. The molecule has 2 N–H and O–H groups in total. The Balaban J connectivity index is 3.07. The van der Waals surface area contributed by atoms with Crippen LogP contribution >= 0.6 is 0 Å². The molecule has 1 atom stereocenters. The molecule has 0 unspecified atom stereocenters. The molecule has 62 valence electrons. The van der Waals surface area contributed by atoms with E-state index in [1.807, 2.05) is 6.07 Å². The second-order valence-electron chi connectivity index (χ2n) is 2.82. The third kappa shape index (κ3) is 1.60. The van der Waals surface area contributed by atoms with Crippen LogP contribution in [0.4, 0.5) is 4.39 Å². The summed E-state index contributed by atoms with van der Waals surface area (Å²) in [4.78, 5) is 0. The minimum absolute atomic E-state index is 0.326. The van der Waals surface area contributed by atoms with Crippen LogP contribution in [0.3, 0.4) is 0 Å². The van der Waals surface area contributed by atoms with Gasteiger partial charge in [-0.25, -0.2) is 4.39 Å². The summed E-state index contributed by atoms with van der Waals surface area (Å²) < 4.78 is 12.5. The van der Waals surface area contributed by atoms with Crippen LogP contribution in [0.5, 0.6) is 0 Å². The molecule has 0 bridgehead atoms. The largest absolute Gasteiger partial charge is 0.310 e. The Kier molecular flexibility index (Phi) is 2.11. The van der Waals surface area contributed by atoms with Gasteiger partial charge in [0.25, 0.3) is 0 Å². The molecule has 0 saturated heterocycles. The van der Waals surface area contributed by atoms with Gasteiger partial charge in [0.15, 0.2) is 0 Å². The summed E-state index contributed by atoms with van der Waals surface area (Å²) in [6, 6.07) is 7.54. The van der Waals surface area contributed by atoms with Gasteiger partial charge in [0.2, 0.25) is 0 Å². The molecule has 3 heteroatoms. The van der Waals surface area contributed by atoms with Gasteiger partial charge in [-0.05, 0) is 24.6 Å². The van der Waals surface area contributed by atoms with Gasteiger partial charge in [0, 0.05) is 0 Å². The number of nitrogens with zero attached hydrogens (tertiary/aromatic N) is 1. The van der Waals surface area contributed by atoms with E-state index in [1.165, 1.54) is 24.3 Å². The molecule has 0 fully saturated rings. The molecule has 0 aliphatic rings. The Morgan fingerprint density at radius 2 is 1.92 bits per heavy atom. The summed E-state index contributed by atoms with van der Waals surface area (Å²) in [5, 5.41) is 8.65. The predicted molar refractivity (Wildman–Crippen MR) is 43.6 cm³/mol. The number of rotatable bonds is 1.